The van der Waals surface area contributed by atoms with Gasteiger partial charge in [0.25, 0.3) is 5.91 Å². The third kappa shape index (κ3) is 4.15. The number of aromatic nitrogens is 2. The van der Waals surface area contributed by atoms with Crippen molar-refractivity contribution >= 4 is 12.1 Å². The standard InChI is InChI=1S/C18H13F3N4O/c19-18(20,21)14-8-6-12(7-9-14)11-22-25-17(26)16-10-15(23-24-16)13-4-2-1-3-5-13/h1-11H,(H,23,24)(H,25,26)/b22-11+. The van der Waals surface area contributed by atoms with Crippen LogP contribution in [-0.2, 0) is 6.18 Å². The van der Waals surface area contributed by atoms with Gasteiger partial charge in [0.15, 0.2) is 0 Å². The summed E-state index contributed by atoms with van der Waals surface area (Å²) in [6.07, 6.45) is -3.13. The molecule has 1 heterocycles. The fourth-order valence-electron chi connectivity index (χ4n) is 2.18. The first kappa shape index (κ1) is 17.4. The Kier molecular flexibility index (Phi) is 4.83. The zero-order valence-corrected chi connectivity index (χ0v) is 13.3. The van der Waals surface area contributed by atoms with E-state index < -0.39 is 17.6 Å². The first-order valence-electron chi connectivity index (χ1n) is 7.55. The first-order valence-corrected chi connectivity index (χ1v) is 7.55. The molecule has 0 saturated carbocycles. The highest BCUT2D eigenvalue weighted by Crippen LogP contribution is 2.28. The minimum Gasteiger partial charge on any atom is -0.272 e. The maximum Gasteiger partial charge on any atom is 0.416 e. The summed E-state index contributed by atoms with van der Waals surface area (Å²) in [7, 11) is 0. The second-order valence-corrected chi connectivity index (χ2v) is 5.35. The van der Waals surface area contributed by atoms with Crippen LogP contribution in [0.1, 0.15) is 21.6 Å². The van der Waals surface area contributed by atoms with Gasteiger partial charge in [0.1, 0.15) is 5.69 Å². The highest BCUT2D eigenvalue weighted by molar-refractivity contribution is 5.94. The number of amides is 1. The lowest BCUT2D eigenvalue weighted by Gasteiger charge is -2.05. The molecular weight excluding hydrogens is 345 g/mol. The summed E-state index contributed by atoms with van der Waals surface area (Å²) in [4.78, 5) is 12.0. The average molecular weight is 358 g/mol. The van der Waals surface area contributed by atoms with Crippen LogP contribution in [-0.4, -0.2) is 22.3 Å². The molecule has 3 rings (SSSR count). The van der Waals surface area contributed by atoms with Crippen molar-refractivity contribution < 1.29 is 18.0 Å². The minimum atomic E-state index is -4.39. The number of halogens is 3. The van der Waals surface area contributed by atoms with E-state index in [0.717, 1.165) is 17.7 Å². The summed E-state index contributed by atoms with van der Waals surface area (Å²) in [5, 5.41) is 10.4. The van der Waals surface area contributed by atoms with Crippen LogP contribution in [0.5, 0.6) is 0 Å². The molecule has 0 spiro atoms. The van der Waals surface area contributed by atoms with E-state index in [0.29, 0.717) is 11.3 Å². The number of carbonyl (C=O) groups is 1. The highest BCUT2D eigenvalue weighted by atomic mass is 19.4. The Morgan fingerprint density at radius 3 is 2.42 bits per heavy atom. The summed E-state index contributed by atoms with van der Waals surface area (Å²) in [5.41, 5.74) is 3.66. The van der Waals surface area contributed by atoms with Gasteiger partial charge < -0.3 is 0 Å². The topological polar surface area (TPSA) is 70.1 Å². The van der Waals surface area contributed by atoms with Gasteiger partial charge in [0, 0.05) is 5.56 Å². The molecule has 1 amide bonds. The summed E-state index contributed by atoms with van der Waals surface area (Å²) >= 11 is 0. The van der Waals surface area contributed by atoms with Gasteiger partial charge in [-0.1, -0.05) is 42.5 Å². The van der Waals surface area contributed by atoms with Crippen molar-refractivity contribution in [2.45, 2.75) is 6.18 Å². The smallest absolute Gasteiger partial charge is 0.272 e. The van der Waals surface area contributed by atoms with Crippen molar-refractivity contribution in [3.8, 4) is 11.3 Å². The van der Waals surface area contributed by atoms with E-state index in [1.165, 1.54) is 18.3 Å². The summed E-state index contributed by atoms with van der Waals surface area (Å²) in [6, 6.07) is 15.3. The maximum absolute atomic E-state index is 12.5. The van der Waals surface area contributed by atoms with E-state index in [1.54, 1.807) is 6.07 Å². The number of benzene rings is 2. The molecule has 2 aromatic carbocycles. The number of hydrogen-bond donors (Lipinski definition) is 2. The normalized spacial score (nSPS) is 11.7. The summed E-state index contributed by atoms with van der Waals surface area (Å²) in [6.45, 7) is 0. The zero-order chi connectivity index (χ0) is 18.6. The molecule has 0 aliphatic carbocycles. The van der Waals surface area contributed by atoms with E-state index in [2.05, 4.69) is 20.7 Å². The number of alkyl halides is 3. The van der Waals surface area contributed by atoms with Crippen LogP contribution in [0.4, 0.5) is 13.2 Å². The molecule has 8 heteroatoms. The quantitative estimate of drug-likeness (QED) is 0.549. The molecule has 0 fully saturated rings. The average Bonchev–Trinajstić information content (AvgIpc) is 3.12. The number of nitrogens with one attached hydrogen (secondary N) is 2. The van der Waals surface area contributed by atoms with E-state index in [4.69, 9.17) is 0 Å². The molecule has 2 N–H and O–H groups in total. The monoisotopic (exact) mass is 358 g/mol. The third-order valence-corrected chi connectivity index (χ3v) is 3.51. The lowest BCUT2D eigenvalue weighted by atomic mass is 10.1. The van der Waals surface area contributed by atoms with Crippen LogP contribution >= 0.6 is 0 Å². The summed E-state index contributed by atoms with van der Waals surface area (Å²) in [5.74, 6) is -0.511. The van der Waals surface area contributed by atoms with Crippen molar-refractivity contribution in [2.24, 2.45) is 5.10 Å². The van der Waals surface area contributed by atoms with Crippen LogP contribution in [0.25, 0.3) is 11.3 Å². The molecule has 0 aliphatic heterocycles. The number of H-pyrrole nitrogens is 1. The molecule has 0 atom stereocenters. The Hall–Kier alpha value is -3.42. The Bertz CT molecular complexity index is 916. The summed E-state index contributed by atoms with van der Waals surface area (Å²) < 4.78 is 37.5. The molecule has 0 bridgehead atoms. The van der Waals surface area contributed by atoms with Gasteiger partial charge in [-0.3, -0.25) is 9.89 Å². The van der Waals surface area contributed by atoms with Gasteiger partial charge in [-0.15, -0.1) is 0 Å². The van der Waals surface area contributed by atoms with Gasteiger partial charge in [0.05, 0.1) is 17.5 Å². The van der Waals surface area contributed by atoms with Crippen molar-refractivity contribution in [1.82, 2.24) is 15.6 Å². The van der Waals surface area contributed by atoms with Crippen LogP contribution in [0.2, 0.25) is 0 Å². The van der Waals surface area contributed by atoms with Crippen molar-refractivity contribution in [3.05, 3.63) is 77.5 Å². The van der Waals surface area contributed by atoms with Crippen molar-refractivity contribution in [3.63, 3.8) is 0 Å². The predicted molar refractivity (Wildman–Crippen MR) is 90.5 cm³/mol. The molecule has 132 valence electrons. The SMILES string of the molecule is O=C(N/N=C/c1ccc(C(F)(F)F)cc1)c1cc(-c2ccccc2)n[nH]1. The molecule has 0 radical (unpaired) electrons. The fourth-order valence-corrected chi connectivity index (χ4v) is 2.18. The third-order valence-electron chi connectivity index (χ3n) is 3.51. The lowest BCUT2D eigenvalue weighted by Crippen LogP contribution is -2.18. The van der Waals surface area contributed by atoms with Crippen LogP contribution in [0.15, 0.2) is 65.8 Å². The van der Waals surface area contributed by atoms with E-state index in [-0.39, 0.29) is 5.69 Å². The molecule has 5 nitrogen and oxygen atoms in total. The fraction of sp³-hybridized carbons (Fsp3) is 0.0556. The Balaban J connectivity index is 1.62. The predicted octanol–water partition coefficient (Wildman–Crippen LogP) is 3.86. The number of hydrogen-bond acceptors (Lipinski definition) is 3. The Labute approximate surface area is 146 Å². The van der Waals surface area contributed by atoms with E-state index >= 15 is 0 Å². The van der Waals surface area contributed by atoms with Crippen molar-refractivity contribution in [1.29, 1.82) is 0 Å². The van der Waals surface area contributed by atoms with Gasteiger partial charge in [-0.25, -0.2) is 5.43 Å². The molecule has 0 unspecified atom stereocenters. The highest BCUT2D eigenvalue weighted by Gasteiger charge is 2.29. The molecule has 3 aromatic rings. The van der Waals surface area contributed by atoms with Crippen molar-refractivity contribution in [2.75, 3.05) is 0 Å². The number of carbonyl (C=O) groups excluding carboxylic acids is 1. The second kappa shape index (κ2) is 7.22. The maximum atomic E-state index is 12.5. The Morgan fingerprint density at radius 2 is 1.77 bits per heavy atom. The first-order chi connectivity index (χ1) is 12.4. The molecule has 26 heavy (non-hydrogen) atoms. The number of aromatic amines is 1. The number of hydrazone groups is 1. The molecule has 0 saturated heterocycles. The van der Waals surface area contributed by atoms with Crippen LogP contribution in [0.3, 0.4) is 0 Å². The zero-order valence-electron chi connectivity index (χ0n) is 13.3. The second-order valence-electron chi connectivity index (χ2n) is 5.35. The largest absolute Gasteiger partial charge is 0.416 e. The molecule has 1 aromatic heterocycles. The Morgan fingerprint density at radius 1 is 1.08 bits per heavy atom. The minimum absolute atomic E-state index is 0.216. The molecular formula is C18H13F3N4O. The van der Waals surface area contributed by atoms with E-state index in [1.807, 2.05) is 30.3 Å². The van der Waals surface area contributed by atoms with Gasteiger partial charge in [-0.2, -0.15) is 23.4 Å². The molecule has 0 aliphatic rings. The van der Waals surface area contributed by atoms with E-state index in [9.17, 15) is 18.0 Å². The number of rotatable bonds is 4. The van der Waals surface area contributed by atoms with Gasteiger partial charge in [0.2, 0.25) is 0 Å². The van der Waals surface area contributed by atoms with Gasteiger partial charge >= 0.3 is 6.18 Å². The van der Waals surface area contributed by atoms with Crippen LogP contribution in [0, 0.1) is 0 Å². The van der Waals surface area contributed by atoms with Crippen LogP contribution < -0.4 is 5.43 Å². The lowest BCUT2D eigenvalue weighted by molar-refractivity contribution is -0.137. The van der Waals surface area contributed by atoms with Gasteiger partial charge in [-0.05, 0) is 23.8 Å². The number of nitrogens with zero attached hydrogens (tertiary/aromatic N) is 2.